The Morgan fingerprint density at radius 2 is 2.06 bits per heavy atom. The van der Waals surface area contributed by atoms with Crippen molar-refractivity contribution in [1.29, 1.82) is 0 Å². The number of halogens is 1. The van der Waals surface area contributed by atoms with E-state index in [4.69, 9.17) is 5.84 Å². The molecular formula is C11H17IN2O2S. The van der Waals surface area contributed by atoms with E-state index in [1.807, 2.05) is 24.3 Å². The number of hydrogen-bond donors (Lipinski definition) is 2. The lowest BCUT2D eigenvalue weighted by atomic mass is 10.0. The summed E-state index contributed by atoms with van der Waals surface area (Å²) in [5.74, 6) is 5.72. The van der Waals surface area contributed by atoms with Crippen molar-refractivity contribution in [2.75, 3.05) is 12.0 Å². The number of sulfone groups is 1. The topological polar surface area (TPSA) is 72.2 Å². The third-order valence-corrected chi connectivity index (χ3v) is 4.50. The normalized spacial score (nSPS) is 13.6. The lowest BCUT2D eigenvalue weighted by molar-refractivity contribution is 0.506. The second kappa shape index (κ2) is 6.67. The Morgan fingerprint density at radius 1 is 1.41 bits per heavy atom. The summed E-state index contributed by atoms with van der Waals surface area (Å²) in [5, 5.41) is 0. The van der Waals surface area contributed by atoms with Crippen molar-refractivity contribution in [2.45, 2.75) is 18.9 Å². The highest BCUT2D eigenvalue weighted by molar-refractivity contribution is 14.1. The van der Waals surface area contributed by atoms with E-state index in [0.717, 1.165) is 9.13 Å². The summed E-state index contributed by atoms with van der Waals surface area (Å²) in [6.07, 6.45) is 2.58. The van der Waals surface area contributed by atoms with E-state index in [9.17, 15) is 8.42 Å². The van der Waals surface area contributed by atoms with Crippen molar-refractivity contribution in [3.8, 4) is 0 Å². The highest BCUT2D eigenvalue weighted by Gasteiger charge is 2.13. The fraction of sp³-hybridized carbons (Fsp3) is 0.455. The maximum atomic E-state index is 11.1. The van der Waals surface area contributed by atoms with Gasteiger partial charge in [-0.15, -0.1) is 0 Å². The Balaban J connectivity index is 2.64. The number of rotatable bonds is 6. The molecule has 0 radical (unpaired) electrons. The van der Waals surface area contributed by atoms with Gasteiger partial charge in [-0.25, -0.2) is 8.42 Å². The molecular weight excluding hydrogens is 351 g/mol. The van der Waals surface area contributed by atoms with E-state index < -0.39 is 9.84 Å². The van der Waals surface area contributed by atoms with E-state index in [0.29, 0.717) is 12.8 Å². The summed E-state index contributed by atoms with van der Waals surface area (Å²) in [6.45, 7) is 0. The number of hydrazine groups is 1. The van der Waals surface area contributed by atoms with Crippen LogP contribution in [0.3, 0.4) is 0 Å². The van der Waals surface area contributed by atoms with Gasteiger partial charge < -0.3 is 0 Å². The Labute approximate surface area is 116 Å². The first kappa shape index (κ1) is 14.9. The van der Waals surface area contributed by atoms with Gasteiger partial charge >= 0.3 is 0 Å². The maximum Gasteiger partial charge on any atom is 0.147 e. The van der Waals surface area contributed by atoms with Gasteiger partial charge in [0.15, 0.2) is 0 Å². The molecule has 4 nitrogen and oxygen atoms in total. The van der Waals surface area contributed by atoms with Crippen molar-refractivity contribution in [3.63, 3.8) is 0 Å². The van der Waals surface area contributed by atoms with Crippen molar-refractivity contribution in [2.24, 2.45) is 5.84 Å². The van der Waals surface area contributed by atoms with Crippen LogP contribution in [0.5, 0.6) is 0 Å². The molecule has 0 saturated heterocycles. The van der Waals surface area contributed by atoms with Crippen LogP contribution >= 0.6 is 22.6 Å². The molecule has 0 amide bonds. The third kappa shape index (κ3) is 5.33. The molecule has 17 heavy (non-hydrogen) atoms. The van der Waals surface area contributed by atoms with Gasteiger partial charge in [0, 0.05) is 21.6 Å². The van der Waals surface area contributed by atoms with Crippen LogP contribution in [-0.2, 0) is 9.84 Å². The smallest absolute Gasteiger partial charge is 0.147 e. The van der Waals surface area contributed by atoms with Gasteiger partial charge in [-0.3, -0.25) is 11.3 Å². The molecule has 0 aromatic heterocycles. The molecule has 6 heteroatoms. The van der Waals surface area contributed by atoms with Crippen molar-refractivity contribution in [1.82, 2.24) is 5.43 Å². The molecule has 0 bridgehead atoms. The van der Waals surface area contributed by atoms with Crippen LogP contribution in [0.1, 0.15) is 24.4 Å². The highest BCUT2D eigenvalue weighted by atomic mass is 127. The van der Waals surface area contributed by atoms with Gasteiger partial charge in [0.1, 0.15) is 9.84 Å². The number of benzene rings is 1. The largest absolute Gasteiger partial charge is 0.271 e. The fourth-order valence-corrected chi connectivity index (χ4v) is 3.09. The molecule has 0 aliphatic heterocycles. The van der Waals surface area contributed by atoms with Crippen LogP contribution in [0.2, 0.25) is 0 Å². The summed E-state index contributed by atoms with van der Waals surface area (Å²) in [4.78, 5) is 0. The van der Waals surface area contributed by atoms with E-state index >= 15 is 0 Å². The number of nitrogens with two attached hydrogens (primary N) is 1. The molecule has 0 heterocycles. The van der Waals surface area contributed by atoms with Gasteiger partial charge in [-0.05, 0) is 47.1 Å². The summed E-state index contributed by atoms with van der Waals surface area (Å²) in [7, 11) is -2.89. The Bertz CT molecular complexity index is 462. The predicted octanol–water partition coefficient (Wildman–Crippen LogP) is 1.62. The van der Waals surface area contributed by atoms with Gasteiger partial charge in [-0.2, -0.15) is 0 Å². The molecule has 0 aliphatic carbocycles. The highest BCUT2D eigenvalue weighted by Crippen LogP contribution is 2.23. The molecule has 1 aromatic carbocycles. The van der Waals surface area contributed by atoms with Crippen LogP contribution in [0.15, 0.2) is 24.3 Å². The average Bonchev–Trinajstić information content (AvgIpc) is 2.24. The number of hydrogen-bond acceptors (Lipinski definition) is 4. The lowest BCUT2D eigenvalue weighted by Crippen LogP contribution is -2.29. The van der Waals surface area contributed by atoms with Crippen molar-refractivity contribution in [3.05, 3.63) is 33.4 Å². The molecule has 3 N–H and O–H groups in total. The van der Waals surface area contributed by atoms with Gasteiger partial charge in [-0.1, -0.05) is 18.2 Å². The van der Waals surface area contributed by atoms with Crippen LogP contribution in [0.4, 0.5) is 0 Å². The molecule has 1 rings (SSSR count). The molecule has 96 valence electrons. The van der Waals surface area contributed by atoms with Crippen LogP contribution < -0.4 is 11.3 Å². The standard InChI is InChI=1S/C11H17IN2O2S/c1-17(15,16)8-4-7-11(14-13)9-5-2-3-6-10(9)12/h2-3,5-6,11,14H,4,7-8,13H2,1H3. The molecule has 1 aromatic rings. The van der Waals surface area contributed by atoms with E-state index in [1.54, 1.807) is 0 Å². The fourth-order valence-electron chi connectivity index (χ4n) is 1.64. The molecule has 0 spiro atoms. The Morgan fingerprint density at radius 3 is 2.59 bits per heavy atom. The summed E-state index contributed by atoms with van der Waals surface area (Å²) < 4.78 is 23.2. The predicted molar refractivity (Wildman–Crippen MR) is 78.2 cm³/mol. The average molecular weight is 368 g/mol. The number of nitrogens with one attached hydrogen (secondary N) is 1. The summed E-state index contributed by atoms with van der Waals surface area (Å²) >= 11 is 2.25. The second-order valence-electron chi connectivity index (χ2n) is 4.01. The second-order valence-corrected chi connectivity index (χ2v) is 7.43. The maximum absolute atomic E-state index is 11.1. The van der Waals surface area contributed by atoms with Crippen molar-refractivity contribution >= 4 is 32.4 Å². The lowest BCUT2D eigenvalue weighted by Gasteiger charge is -2.17. The minimum absolute atomic E-state index is 0.00449. The third-order valence-electron chi connectivity index (χ3n) is 2.49. The minimum atomic E-state index is -2.89. The first-order valence-electron chi connectivity index (χ1n) is 5.32. The Hall–Kier alpha value is -0.180. The van der Waals surface area contributed by atoms with Crippen molar-refractivity contribution < 1.29 is 8.42 Å². The van der Waals surface area contributed by atoms with E-state index in [-0.39, 0.29) is 11.8 Å². The van der Waals surface area contributed by atoms with E-state index in [2.05, 4.69) is 28.0 Å². The molecule has 0 fully saturated rings. The quantitative estimate of drug-likeness (QED) is 0.455. The van der Waals surface area contributed by atoms with Gasteiger partial charge in [0.2, 0.25) is 0 Å². The van der Waals surface area contributed by atoms with Crippen LogP contribution in [0, 0.1) is 3.57 Å². The molecule has 0 saturated carbocycles. The summed E-state index contributed by atoms with van der Waals surface area (Å²) in [5.41, 5.74) is 3.86. The molecule has 1 atom stereocenters. The SMILES string of the molecule is CS(=O)(=O)CCCC(NN)c1ccccc1I. The monoisotopic (exact) mass is 368 g/mol. The first-order valence-corrected chi connectivity index (χ1v) is 8.46. The first-order chi connectivity index (χ1) is 7.94. The molecule has 0 aliphatic rings. The van der Waals surface area contributed by atoms with Gasteiger partial charge in [0.25, 0.3) is 0 Å². The van der Waals surface area contributed by atoms with Crippen LogP contribution in [0.25, 0.3) is 0 Å². The zero-order valence-corrected chi connectivity index (χ0v) is 12.7. The molecule has 1 unspecified atom stereocenters. The van der Waals surface area contributed by atoms with Crippen LogP contribution in [-0.4, -0.2) is 20.4 Å². The zero-order valence-electron chi connectivity index (χ0n) is 9.69. The van der Waals surface area contributed by atoms with Gasteiger partial charge in [0.05, 0.1) is 0 Å². The Kier molecular flexibility index (Phi) is 5.84. The summed E-state index contributed by atoms with van der Waals surface area (Å²) in [6, 6.07) is 7.95. The zero-order chi connectivity index (χ0) is 12.9. The minimum Gasteiger partial charge on any atom is -0.271 e. The van der Waals surface area contributed by atoms with E-state index in [1.165, 1.54) is 6.26 Å².